The summed E-state index contributed by atoms with van der Waals surface area (Å²) < 4.78 is 10.5. The summed E-state index contributed by atoms with van der Waals surface area (Å²) in [7, 11) is 0. The Morgan fingerprint density at radius 2 is 1.83 bits per heavy atom. The summed E-state index contributed by atoms with van der Waals surface area (Å²) in [6.45, 7) is 1.95. The largest absolute Gasteiger partial charge is 0.461 e. The maximum Gasteiger partial charge on any atom is 0.238 e. The molecule has 0 radical (unpaired) electrons. The first-order valence-electron chi connectivity index (χ1n) is 7.02. The lowest BCUT2D eigenvalue weighted by molar-refractivity contribution is 0.390. The van der Waals surface area contributed by atoms with Gasteiger partial charge in [-0.1, -0.05) is 29.1 Å². The standard InChI is InChI=1S/C16H12N4O2S/c1-10-16(18-12-6-3-2-5-11(12)17-10)23-9-14-19-15(20-22-14)13-7-4-8-21-13/h2-8H,9H2,1H3. The molecule has 0 unspecified atom stereocenters. The van der Waals surface area contributed by atoms with Crippen molar-refractivity contribution in [1.82, 2.24) is 20.1 Å². The number of thioether (sulfide) groups is 1. The van der Waals surface area contributed by atoms with E-state index >= 15 is 0 Å². The lowest BCUT2D eigenvalue weighted by atomic mass is 10.3. The minimum atomic E-state index is 0.451. The molecule has 0 fully saturated rings. The number of aromatic nitrogens is 4. The lowest BCUT2D eigenvalue weighted by Gasteiger charge is -2.04. The molecular weight excluding hydrogens is 312 g/mol. The molecule has 23 heavy (non-hydrogen) atoms. The summed E-state index contributed by atoms with van der Waals surface area (Å²) in [4.78, 5) is 13.5. The van der Waals surface area contributed by atoms with E-state index in [4.69, 9.17) is 8.94 Å². The number of rotatable bonds is 4. The molecule has 1 aromatic carbocycles. The third-order valence-corrected chi connectivity index (χ3v) is 4.29. The van der Waals surface area contributed by atoms with Crippen LogP contribution in [0.2, 0.25) is 0 Å². The van der Waals surface area contributed by atoms with Gasteiger partial charge in [0.15, 0.2) is 5.76 Å². The van der Waals surface area contributed by atoms with Crippen molar-refractivity contribution < 1.29 is 8.94 Å². The van der Waals surface area contributed by atoms with Crippen molar-refractivity contribution in [3.05, 3.63) is 54.2 Å². The van der Waals surface area contributed by atoms with Gasteiger partial charge in [0.1, 0.15) is 5.03 Å². The molecule has 0 bridgehead atoms. The molecule has 4 rings (SSSR count). The monoisotopic (exact) mass is 324 g/mol. The summed E-state index contributed by atoms with van der Waals surface area (Å²) in [6.07, 6.45) is 1.58. The second-order valence-corrected chi connectivity index (χ2v) is 5.84. The van der Waals surface area contributed by atoms with Gasteiger partial charge in [-0.3, -0.25) is 0 Å². The van der Waals surface area contributed by atoms with E-state index in [0.717, 1.165) is 21.8 Å². The Kier molecular flexibility index (Phi) is 3.55. The van der Waals surface area contributed by atoms with Crippen molar-refractivity contribution >= 4 is 22.8 Å². The highest BCUT2D eigenvalue weighted by Gasteiger charge is 2.12. The van der Waals surface area contributed by atoms with Crippen LogP contribution in [0, 0.1) is 6.92 Å². The third kappa shape index (κ3) is 2.83. The van der Waals surface area contributed by atoms with Gasteiger partial charge in [0, 0.05) is 0 Å². The summed E-state index contributed by atoms with van der Waals surface area (Å²) >= 11 is 1.53. The Morgan fingerprint density at radius 3 is 2.61 bits per heavy atom. The molecule has 4 aromatic rings. The van der Waals surface area contributed by atoms with Crippen LogP contribution in [0.25, 0.3) is 22.6 Å². The second kappa shape index (κ2) is 5.85. The first-order valence-corrected chi connectivity index (χ1v) is 8.01. The summed E-state index contributed by atoms with van der Waals surface area (Å²) in [5.41, 5.74) is 2.66. The van der Waals surface area contributed by atoms with Gasteiger partial charge in [-0.2, -0.15) is 4.98 Å². The zero-order valence-corrected chi connectivity index (χ0v) is 13.1. The van der Waals surface area contributed by atoms with Crippen LogP contribution in [0.15, 0.2) is 56.6 Å². The Hall–Kier alpha value is -2.67. The van der Waals surface area contributed by atoms with Crippen LogP contribution in [-0.4, -0.2) is 20.1 Å². The quantitative estimate of drug-likeness (QED) is 0.527. The molecule has 3 heterocycles. The first kappa shape index (κ1) is 14.0. The number of para-hydroxylation sites is 2. The van der Waals surface area contributed by atoms with Crippen molar-refractivity contribution in [3.8, 4) is 11.6 Å². The fourth-order valence-corrected chi connectivity index (χ4v) is 2.95. The van der Waals surface area contributed by atoms with Crippen molar-refractivity contribution in [2.24, 2.45) is 0 Å². The highest BCUT2D eigenvalue weighted by atomic mass is 32.2. The molecule has 0 aliphatic carbocycles. The van der Waals surface area contributed by atoms with E-state index < -0.39 is 0 Å². The molecule has 0 aliphatic heterocycles. The van der Waals surface area contributed by atoms with Gasteiger partial charge in [0.05, 0.1) is 28.7 Å². The fraction of sp³-hybridized carbons (Fsp3) is 0.125. The van der Waals surface area contributed by atoms with Gasteiger partial charge >= 0.3 is 0 Å². The smallest absolute Gasteiger partial charge is 0.238 e. The average Bonchev–Trinajstić information content (AvgIpc) is 3.24. The molecule has 114 valence electrons. The maximum atomic E-state index is 5.25. The summed E-state index contributed by atoms with van der Waals surface area (Å²) in [5, 5.41) is 4.78. The predicted molar refractivity (Wildman–Crippen MR) is 85.8 cm³/mol. The van der Waals surface area contributed by atoms with E-state index in [9.17, 15) is 0 Å². The molecule has 6 nitrogen and oxygen atoms in total. The molecule has 0 spiro atoms. The number of hydrogen-bond donors (Lipinski definition) is 0. The zero-order valence-electron chi connectivity index (χ0n) is 12.3. The number of hydrogen-bond acceptors (Lipinski definition) is 7. The molecule has 0 amide bonds. The van der Waals surface area contributed by atoms with E-state index in [2.05, 4.69) is 20.1 Å². The van der Waals surface area contributed by atoms with Crippen molar-refractivity contribution in [2.45, 2.75) is 17.7 Å². The summed E-state index contributed by atoms with van der Waals surface area (Å²) in [6, 6.07) is 11.4. The van der Waals surface area contributed by atoms with Crippen molar-refractivity contribution in [3.63, 3.8) is 0 Å². The molecular formula is C16H12N4O2S. The molecule has 0 saturated carbocycles. The van der Waals surface area contributed by atoms with Gasteiger partial charge in [-0.25, -0.2) is 9.97 Å². The van der Waals surface area contributed by atoms with Crippen LogP contribution in [0.5, 0.6) is 0 Å². The van der Waals surface area contributed by atoms with Crippen molar-refractivity contribution in [2.75, 3.05) is 0 Å². The highest BCUT2D eigenvalue weighted by molar-refractivity contribution is 7.98. The minimum Gasteiger partial charge on any atom is -0.461 e. The molecule has 0 N–H and O–H groups in total. The first-order chi connectivity index (χ1) is 11.3. The zero-order chi connectivity index (χ0) is 15.6. The fourth-order valence-electron chi connectivity index (χ4n) is 2.16. The maximum absolute atomic E-state index is 5.25. The molecule has 0 atom stereocenters. The summed E-state index contributed by atoms with van der Waals surface area (Å²) in [5.74, 6) is 2.09. The molecule has 7 heteroatoms. The van der Waals surface area contributed by atoms with Gasteiger partial charge in [0.2, 0.25) is 11.7 Å². The van der Waals surface area contributed by atoms with Gasteiger partial charge in [-0.15, -0.1) is 0 Å². The Morgan fingerprint density at radius 1 is 1.00 bits per heavy atom. The number of nitrogens with zero attached hydrogens (tertiary/aromatic N) is 4. The van der Waals surface area contributed by atoms with Crippen LogP contribution >= 0.6 is 11.8 Å². The Bertz CT molecular complexity index is 950. The minimum absolute atomic E-state index is 0.451. The number of benzene rings is 1. The van der Waals surface area contributed by atoms with E-state index in [-0.39, 0.29) is 0 Å². The molecule has 0 saturated heterocycles. The van der Waals surface area contributed by atoms with E-state index in [0.29, 0.717) is 23.2 Å². The van der Waals surface area contributed by atoms with E-state index in [1.807, 2.05) is 31.2 Å². The lowest BCUT2D eigenvalue weighted by Crippen LogP contribution is -1.93. The van der Waals surface area contributed by atoms with Crippen LogP contribution in [0.3, 0.4) is 0 Å². The van der Waals surface area contributed by atoms with Gasteiger partial charge < -0.3 is 8.94 Å². The molecule has 3 aromatic heterocycles. The third-order valence-electron chi connectivity index (χ3n) is 3.24. The van der Waals surface area contributed by atoms with E-state index in [1.165, 1.54) is 11.8 Å². The van der Waals surface area contributed by atoms with Crippen LogP contribution in [0.4, 0.5) is 0 Å². The average molecular weight is 324 g/mol. The van der Waals surface area contributed by atoms with Gasteiger partial charge in [-0.05, 0) is 31.2 Å². The highest BCUT2D eigenvalue weighted by Crippen LogP contribution is 2.25. The normalized spacial score (nSPS) is 11.2. The van der Waals surface area contributed by atoms with Crippen LogP contribution in [-0.2, 0) is 5.75 Å². The van der Waals surface area contributed by atoms with Crippen LogP contribution < -0.4 is 0 Å². The predicted octanol–water partition coefficient (Wildman–Crippen LogP) is 3.87. The van der Waals surface area contributed by atoms with Gasteiger partial charge in [0.25, 0.3) is 0 Å². The Balaban J connectivity index is 1.54. The van der Waals surface area contributed by atoms with Crippen molar-refractivity contribution in [1.29, 1.82) is 0 Å². The second-order valence-electron chi connectivity index (χ2n) is 4.88. The molecule has 0 aliphatic rings. The number of furan rings is 1. The van der Waals surface area contributed by atoms with Crippen LogP contribution in [0.1, 0.15) is 11.6 Å². The number of aryl methyl sites for hydroxylation is 1. The SMILES string of the molecule is Cc1nc2ccccc2nc1SCc1nc(-c2ccco2)no1. The topological polar surface area (TPSA) is 77.8 Å². The van der Waals surface area contributed by atoms with E-state index in [1.54, 1.807) is 18.4 Å². The number of fused-ring (bicyclic) bond motifs is 1. The Labute approximate surface area is 135 Å².